The molecule has 0 unspecified atom stereocenters. The number of benzene rings is 2. The van der Waals surface area contributed by atoms with E-state index in [-0.39, 0.29) is 18.2 Å². The molecule has 0 amide bonds. The van der Waals surface area contributed by atoms with E-state index >= 15 is 4.39 Å². The third kappa shape index (κ3) is 4.75. The van der Waals surface area contributed by atoms with Gasteiger partial charge in [-0.1, -0.05) is 41.4 Å². The molecule has 0 aliphatic rings. The number of nitrogens with zero attached hydrogens (tertiary/aromatic N) is 2. The number of rotatable bonds is 8. The Morgan fingerprint density at radius 1 is 1.06 bits per heavy atom. The number of hydrogen-bond acceptors (Lipinski definition) is 4. The fourth-order valence-electron chi connectivity index (χ4n) is 3.30. The average Bonchev–Trinajstić information content (AvgIpc) is 3.39. The molecule has 0 aliphatic carbocycles. The maximum Gasteiger partial charge on any atom is 0.249 e. The van der Waals surface area contributed by atoms with Crippen molar-refractivity contribution in [1.82, 2.24) is 9.78 Å². The quantitative estimate of drug-likeness (QED) is 0.290. The smallest absolute Gasteiger partial charge is 0.249 e. The van der Waals surface area contributed by atoms with Crippen molar-refractivity contribution < 1.29 is 13.9 Å². The lowest BCUT2D eigenvalue weighted by atomic mass is 10.1. The number of aryl methyl sites for hydroxylation is 1. The van der Waals surface area contributed by atoms with Crippen molar-refractivity contribution in [2.45, 2.75) is 20.4 Å². The molecule has 160 valence electrons. The first-order chi connectivity index (χ1) is 15.1. The summed E-state index contributed by atoms with van der Waals surface area (Å²) in [6.07, 6.45) is 0. The Kier molecular flexibility index (Phi) is 6.59. The van der Waals surface area contributed by atoms with E-state index in [1.165, 1.54) is 4.68 Å². The summed E-state index contributed by atoms with van der Waals surface area (Å²) in [6, 6.07) is 15.3. The molecule has 0 saturated carbocycles. The lowest BCUT2D eigenvalue weighted by Crippen LogP contribution is -2.12. The van der Waals surface area contributed by atoms with E-state index in [0.717, 1.165) is 16.7 Å². The van der Waals surface area contributed by atoms with Crippen molar-refractivity contribution >= 4 is 22.9 Å². The molecule has 0 radical (unpaired) electrons. The minimum absolute atomic E-state index is 0.113. The Morgan fingerprint density at radius 2 is 1.94 bits per heavy atom. The Hall–Kier alpha value is -2.83. The highest BCUT2D eigenvalue weighted by molar-refractivity contribution is 7.08. The van der Waals surface area contributed by atoms with Crippen LogP contribution in [0.4, 0.5) is 4.39 Å². The van der Waals surface area contributed by atoms with Gasteiger partial charge < -0.3 is 9.47 Å². The van der Waals surface area contributed by atoms with Crippen molar-refractivity contribution in [2.24, 2.45) is 0 Å². The molecule has 4 nitrogen and oxygen atoms in total. The van der Waals surface area contributed by atoms with E-state index < -0.39 is 5.82 Å². The first-order valence-electron chi connectivity index (χ1n) is 9.98. The van der Waals surface area contributed by atoms with Gasteiger partial charge >= 0.3 is 0 Å². The molecule has 2 heterocycles. The van der Waals surface area contributed by atoms with E-state index in [0.29, 0.717) is 29.5 Å². The highest BCUT2D eigenvalue weighted by atomic mass is 35.5. The first-order valence-corrected chi connectivity index (χ1v) is 11.3. The summed E-state index contributed by atoms with van der Waals surface area (Å²) in [7, 11) is 0. The molecular formula is C24H22ClFN2O2S. The predicted octanol–water partition coefficient (Wildman–Crippen LogP) is 6.86. The standard InChI is InChI=1S/C24H22ClFN2O2S/c1-3-29-24-22(26)23(18-6-4-5-16(2)13-18)27-28(24)10-11-30-21-8-7-17(14-20(21)25)19-9-12-31-15-19/h4-9,12-15H,3,10-11H2,1-2H3. The molecule has 0 fully saturated rings. The predicted molar refractivity (Wildman–Crippen MR) is 124 cm³/mol. The van der Waals surface area contributed by atoms with Crippen molar-refractivity contribution in [3.05, 3.63) is 75.7 Å². The maximum absolute atomic E-state index is 15.0. The van der Waals surface area contributed by atoms with E-state index in [1.807, 2.05) is 67.8 Å². The SMILES string of the molecule is CCOc1c(F)c(-c2cccc(C)c2)nn1CCOc1ccc(-c2ccsc2)cc1Cl. The Labute approximate surface area is 189 Å². The van der Waals surface area contributed by atoms with Crippen LogP contribution in [0.3, 0.4) is 0 Å². The third-order valence-corrected chi connectivity index (χ3v) is 5.75. The summed E-state index contributed by atoms with van der Waals surface area (Å²) in [5, 5.41) is 9.07. The van der Waals surface area contributed by atoms with Gasteiger partial charge in [0.1, 0.15) is 18.1 Å². The fourth-order valence-corrected chi connectivity index (χ4v) is 4.20. The average molecular weight is 457 g/mol. The van der Waals surface area contributed by atoms with Crippen LogP contribution in [0.2, 0.25) is 5.02 Å². The number of hydrogen-bond donors (Lipinski definition) is 0. The summed E-state index contributed by atoms with van der Waals surface area (Å²) in [6.45, 7) is 4.71. The van der Waals surface area contributed by atoms with Gasteiger partial charge in [0.05, 0.1) is 18.2 Å². The van der Waals surface area contributed by atoms with Gasteiger partial charge in [-0.3, -0.25) is 0 Å². The van der Waals surface area contributed by atoms with Crippen LogP contribution in [0, 0.1) is 12.7 Å². The zero-order chi connectivity index (χ0) is 21.8. The largest absolute Gasteiger partial charge is 0.490 e. The Bertz CT molecular complexity index is 1170. The van der Waals surface area contributed by atoms with Crippen LogP contribution in [-0.4, -0.2) is 23.0 Å². The highest BCUT2D eigenvalue weighted by Gasteiger charge is 2.21. The lowest BCUT2D eigenvalue weighted by Gasteiger charge is -2.11. The Balaban J connectivity index is 1.50. The van der Waals surface area contributed by atoms with Crippen LogP contribution in [0.15, 0.2) is 59.3 Å². The number of halogens is 2. The molecule has 4 aromatic rings. The molecule has 4 rings (SSSR count). The van der Waals surface area contributed by atoms with Crippen LogP contribution in [0.5, 0.6) is 11.6 Å². The third-order valence-electron chi connectivity index (χ3n) is 4.77. The van der Waals surface area contributed by atoms with Gasteiger partial charge in [0.2, 0.25) is 11.7 Å². The lowest BCUT2D eigenvalue weighted by molar-refractivity contribution is 0.253. The van der Waals surface area contributed by atoms with Crippen molar-refractivity contribution in [2.75, 3.05) is 13.2 Å². The van der Waals surface area contributed by atoms with E-state index in [1.54, 1.807) is 11.3 Å². The van der Waals surface area contributed by atoms with Gasteiger partial charge in [-0.15, -0.1) is 0 Å². The molecule has 0 saturated heterocycles. The van der Waals surface area contributed by atoms with Gasteiger partial charge in [-0.05, 0) is 60.0 Å². The van der Waals surface area contributed by atoms with Gasteiger partial charge in [0.25, 0.3) is 0 Å². The van der Waals surface area contributed by atoms with E-state index in [2.05, 4.69) is 10.5 Å². The number of ether oxygens (including phenoxy) is 2. The zero-order valence-electron chi connectivity index (χ0n) is 17.3. The fraction of sp³-hybridized carbons (Fsp3) is 0.208. The second kappa shape index (κ2) is 9.54. The first kappa shape index (κ1) is 21.4. The topological polar surface area (TPSA) is 36.3 Å². The van der Waals surface area contributed by atoms with Crippen LogP contribution >= 0.6 is 22.9 Å². The van der Waals surface area contributed by atoms with E-state index in [4.69, 9.17) is 21.1 Å². The molecule has 0 spiro atoms. The molecule has 2 aromatic heterocycles. The maximum atomic E-state index is 15.0. The van der Waals surface area contributed by atoms with Crippen molar-refractivity contribution in [3.8, 4) is 34.0 Å². The normalized spacial score (nSPS) is 11.0. The molecule has 7 heteroatoms. The minimum Gasteiger partial charge on any atom is -0.490 e. The summed E-state index contributed by atoms with van der Waals surface area (Å²) in [5.41, 5.74) is 4.17. The molecule has 2 aromatic carbocycles. The monoisotopic (exact) mass is 456 g/mol. The molecule has 31 heavy (non-hydrogen) atoms. The summed E-state index contributed by atoms with van der Waals surface area (Å²) >= 11 is 8.04. The van der Waals surface area contributed by atoms with E-state index in [9.17, 15) is 0 Å². The summed E-state index contributed by atoms with van der Waals surface area (Å²) in [5.74, 6) is 0.220. The molecule has 0 bridgehead atoms. The van der Waals surface area contributed by atoms with Crippen LogP contribution in [-0.2, 0) is 6.54 Å². The molecule has 0 N–H and O–H groups in total. The van der Waals surface area contributed by atoms with Gasteiger partial charge in [-0.2, -0.15) is 20.8 Å². The van der Waals surface area contributed by atoms with Gasteiger partial charge in [0, 0.05) is 5.56 Å². The second-order valence-corrected chi connectivity index (χ2v) is 8.19. The summed E-state index contributed by atoms with van der Waals surface area (Å²) < 4.78 is 27.9. The van der Waals surface area contributed by atoms with Crippen molar-refractivity contribution in [3.63, 3.8) is 0 Å². The second-order valence-electron chi connectivity index (χ2n) is 7.00. The zero-order valence-corrected chi connectivity index (χ0v) is 18.8. The van der Waals surface area contributed by atoms with Gasteiger partial charge in [-0.25, -0.2) is 4.68 Å². The van der Waals surface area contributed by atoms with Gasteiger partial charge in [0.15, 0.2) is 0 Å². The Morgan fingerprint density at radius 3 is 2.65 bits per heavy atom. The molecule has 0 atom stereocenters. The molecular weight excluding hydrogens is 435 g/mol. The van der Waals surface area contributed by atoms with Crippen molar-refractivity contribution in [1.29, 1.82) is 0 Å². The number of aromatic nitrogens is 2. The van der Waals surface area contributed by atoms with Crippen LogP contribution < -0.4 is 9.47 Å². The molecule has 0 aliphatic heterocycles. The van der Waals surface area contributed by atoms with Crippen LogP contribution in [0.1, 0.15) is 12.5 Å². The van der Waals surface area contributed by atoms with Crippen LogP contribution in [0.25, 0.3) is 22.4 Å². The summed E-state index contributed by atoms with van der Waals surface area (Å²) in [4.78, 5) is 0. The minimum atomic E-state index is -0.467. The number of thiophene rings is 1. The highest BCUT2D eigenvalue weighted by Crippen LogP contribution is 2.32.